The molecule has 9 heteroatoms. The van der Waals surface area contributed by atoms with E-state index < -0.39 is 12.2 Å². The molecule has 0 unspecified atom stereocenters. The quantitative estimate of drug-likeness (QED) is 0.346. The van der Waals surface area contributed by atoms with Crippen molar-refractivity contribution in [3.05, 3.63) is 84.9 Å². The van der Waals surface area contributed by atoms with E-state index in [-0.39, 0.29) is 18.9 Å². The number of likely N-dealkylation sites (tertiary alicyclic amines) is 1. The Balaban J connectivity index is 1.41. The molecule has 1 fully saturated rings. The van der Waals surface area contributed by atoms with E-state index in [1.807, 2.05) is 54.6 Å². The summed E-state index contributed by atoms with van der Waals surface area (Å²) >= 11 is 0. The van der Waals surface area contributed by atoms with Gasteiger partial charge in [0.2, 0.25) is 5.91 Å². The molecule has 2 aromatic carbocycles. The van der Waals surface area contributed by atoms with E-state index in [0.717, 1.165) is 22.3 Å². The highest BCUT2D eigenvalue weighted by molar-refractivity contribution is 5.82. The Labute approximate surface area is 212 Å². The summed E-state index contributed by atoms with van der Waals surface area (Å²) < 4.78 is 20.8. The number of aromatic nitrogens is 5. The molecular formula is C28H23FN6O2. The molecule has 8 nitrogen and oxygen atoms in total. The Kier molecular flexibility index (Phi) is 5.80. The van der Waals surface area contributed by atoms with Crippen LogP contribution in [0.15, 0.2) is 79.4 Å². The van der Waals surface area contributed by atoms with Crippen LogP contribution in [-0.2, 0) is 4.79 Å². The van der Waals surface area contributed by atoms with Crippen LogP contribution in [0.4, 0.5) is 4.39 Å². The van der Waals surface area contributed by atoms with Gasteiger partial charge in [0.05, 0.1) is 35.5 Å². The zero-order chi connectivity index (χ0) is 25.4. The van der Waals surface area contributed by atoms with Gasteiger partial charge in [0.15, 0.2) is 5.82 Å². The smallest absolute Gasteiger partial charge is 0.220 e. The number of carbonyl (C=O) groups excluding carboxylic acids is 1. The summed E-state index contributed by atoms with van der Waals surface area (Å²) in [7, 11) is 0. The maximum Gasteiger partial charge on any atom is 0.220 e. The Bertz CT molecular complexity index is 1560. The van der Waals surface area contributed by atoms with Crippen molar-refractivity contribution in [2.24, 2.45) is 0 Å². The number of alkyl halides is 1. The van der Waals surface area contributed by atoms with Gasteiger partial charge in [-0.15, -0.1) is 0 Å². The molecule has 1 N–H and O–H groups in total. The number of aromatic amines is 1. The molecule has 4 heterocycles. The van der Waals surface area contributed by atoms with Crippen molar-refractivity contribution in [1.82, 2.24) is 29.8 Å². The Hall–Kier alpha value is -4.66. The monoisotopic (exact) mass is 494 g/mol. The molecule has 0 aliphatic carbocycles. The topological polar surface area (TPSA) is 96.9 Å². The van der Waals surface area contributed by atoms with Crippen LogP contribution < -0.4 is 4.74 Å². The molecule has 1 aliphatic heterocycles. The van der Waals surface area contributed by atoms with Crippen LogP contribution in [0.25, 0.3) is 33.8 Å². The second-order valence-electron chi connectivity index (χ2n) is 8.94. The molecule has 2 atom stereocenters. The fourth-order valence-corrected chi connectivity index (χ4v) is 4.72. The first kappa shape index (κ1) is 22.8. The third-order valence-electron chi connectivity index (χ3n) is 6.48. The summed E-state index contributed by atoms with van der Waals surface area (Å²) in [6, 6.07) is 16.4. The van der Waals surface area contributed by atoms with Gasteiger partial charge in [0, 0.05) is 49.1 Å². The van der Waals surface area contributed by atoms with E-state index in [0.29, 0.717) is 28.5 Å². The number of H-pyrrole nitrogens is 1. The Morgan fingerprint density at radius 2 is 1.89 bits per heavy atom. The number of fused-ring (bicyclic) bond motifs is 1. The van der Waals surface area contributed by atoms with E-state index in [1.165, 1.54) is 6.92 Å². The van der Waals surface area contributed by atoms with Gasteiger partial charge < -0.3 is 14.6 Å². The second kappa shape index (κ2) is 9.42. The number of carbonyl (C=O) groups is 1. The van der Waals surface area contributed by atoms with E-state index >= 15 is 0 Å². The average molecular weight is 495 g/mol. The molecule has 3 aromatic heterocycles. The minimum absolute atomic E-state index is 0.0620. The van der Waals surface area contributed by atoms with Crippen LogP contribution in [0, 0.1) is 0 Å². The van der Waals surface area contributed by atoms with Crippen molar-refractivity contribution in [1.29, 1.82) is 0 Å². The molecule has 0 saturated carbocycles. The first-order valence-electron chi connectivity index (χ1n) is 12.0. The number of ether oxygens (including phenoxy) is 1. The summed E-state index contributed by atoms with van der Waals surface area (Å²) in [4.78, 5) is 34.7. The number of pyridine rings is 1. The number of benzene rings is 2. The summed E-state index contributed by atoms with van der Waals surface area (Å²) in [5.41, 5.74) is 4.52. The van der Waals surface area contributed by atoms with Crippen LogP contribution in [-0.4, -0.2) is 48.4 Å². The highest BCUT2D eigenvalue weighted by atomic mass is 19.1. The average Bonchev–Trinajstić information content (AvgIpc) is 3.53. The highest BCUT2D eigenvalue weighted by Crippen LogP contribution is 2.42. The minimum atomic E-state index is -1.10. The van der Waals surface area contributed by atoms with Crippen molar-refractivity contribution in [3.8, 4) is 34.3 Å². The number of nitrogens with one attached hydrogen (secondary N) is 1. The second-order valence-corrected chi connectivity index (χ2v) is 8.94. The van der Waals surface area contributed by atoms with Crippen molar-refractivity contribution >= 4 is 16.9 Å². The maximum absolute atomic E-state index is 14.5. The molecule has 0 radical (unpaired) electrons. The molecule has 6 rings (SSSR count). The van der Waals surface area contributed by atoms with Crippen LogP contribution in [0.1, 0.15) is 24.9 Å². The Morgan fingerprint density at radius 1 is 1.05 bits per heavy atom. The molecule has 0 bridgehead atoms. The number of rotatable bonds is 5. The predicted octanol–water partition coefficient (Wildman–Crippen LogP) is 5.51. The van der Waals surface area contributed by atoms with Gasteiger partial charge in [-0.25, -0.2) is 9.37 Å². The molecule has 5 aromatic rings. The standard InChI is InChI=1S/C28H23FN6O2/c1-17(36)35-16-19(29)12-26(35)21-13-23-24(34-28(33-23)22-4-2-3-9-31-22)14-27(21)37-20-7-5-18(6-8-20)25-15-30-10-11-32-25/h2-11,13-15,19,26H,12,16H2,1H3,(H,33,34)/t19-,26-/m0/s1. The van der Waals surface area contributed by atoms with Crippen molar-refractivity contribution < 1.29 is 13.9 Å². The first-order chi connectivity index (χ1) is 18.0. The van der Waals surface area contributed by atoms with Crippen LogP contribution in [0.3, 0.4) is 0 Å². The molecule has 37 heavy (non-hydrogen) atoms. The number of hydrogen-bond acceptors (Lipinski definition) is 6. The number of nitrogens with zero attached hydrogens (tertiary/aromatic N) is 5. The molecule has 184 valence electrons. The largest absolute Gasteiger partial charge is 0.457 e. The SMILES string of the molecule is CC(=O)N1C[C@@H](F)C[C@H]1c1cc2[nH]c(-c3ccccn3)nc2cc1Oc1ccc(-c2cnccn2)cc1. The lowest BCUT2D eigenvalue weighted by Gasteiger charge is -2.25. The predicted molar refractivity (Wildman–Crippen MR) is 137 cm³/mol. The lowest BCUT2D eigenvalue weighted by Crippen LogP contribution is -2.29. The summed E-state index contributed by atoms with van der Waals surface area (Å²) in [6.07, 6.45) is 5.77. The summed E-state index contributed by atoms with van der Waals surface area (Å²) in [6.45, 7) is 1.52. The van der Waals surface area contributed by atoms with Crippen molar-refractivity contribution in [3.63, 3.8) is 0 Å². The lowest BCUT2D eigenvalue weighted by molar-refractivity contribution is -0.129. The van der Waals surface area contributed by atoms with Gasteiger partial charge >= 0.3 is 0 Å². The molecule has 1 aliphatic rings. The Morgan fingerprint density at radius 3 is 2.62 bits per heavy atom. The van der Waals surface area contributed by atoms with E-state index in [1.54, 1.807) is 29.7 Å². The third-order valence-corrected chi connectivity index (χ3v) is 6.48. The zero-order valence-corrected chi connectivity index (χ0v) is 20.0. The van der Waals surface area contributed by atoms with Gasteiger partial charge in [0.25, 0.3) is 0 Å². The van der Waals surface area contributed by atoms with Gasteiger partial charge in [0.1, 0.15) is 23.4 Å². The van der Waals surface area contributed by atoms with Gasteiger partial charge in [-0.3, -0.25) is 19.7 Å². The lowest BCUT2D eigenvalue weighted by atomic mass is 10.0. The third kappa shape index (κ3) is 4.51. The van der Waals surface area contributed by atoms with E-state index in [4.69, 9.17) is 9.72 Å². The summed E-state index contributed by atoms with van der Waals surface area (Å²) in [5.74, 6) is 1.55. The molecule has 1 amide bonds. The van der Waals surface area contributed by atoms with Crippen LogP contribution >= 0.6 is 0 Å². The maximum atomic E-state index is 14.5. The van der Waals surface area contributed by atoms with E-state index in [9.17, 15) is 9.18 Å². The van der Waals surface area contributed by atoms with Gasteiger partial charge in [-0.1, -0.05) is 6.07 Å². The van der Waals surface area contributed by atoms with Crippen LogP contribution in [0.5, 0.6) is 11.5 Å². The number of halogens is 1. The van der Waals surface area contributed by atoms with E-state index in [2.05, 4.69) is 19.9 Å². The highest BCUT2D eigenvalue weighted by Gasteiger charge is 2.37. The van der Waals surface area contributed by atoms with Gasteiger partial charge in [-0.05, 0) is 42.5 Å². The molecule has 0 spiro atoms. The fourth-order valence-electron chi connectivity index (χ4n) is 4.72. The first-order valence-corrected chi connectivity index (χ1v) is 12.0. The minimum Gasteiger partial charge on any atom is -0.457 e. The number of amides is 1. The van der Waals surface area contributed by atoms with Crippen LogP contribution in [0.2, 0.25) is 0 Å². The zero-order valence-electron chi connectivity index (χ0n) is 20.0. The van der Waals surface area contributed by atoms with Gasteiger partial charge in [-0.2, -0.15) is 0 Å². The fraction of sp³-hybridized carbons (Fsp3) is 0.179. The van der Waals surface area contributed by atoms with Crippen molar-refractivity contribution in [2.45, 2.75) is 25.6 Å². The number of hydrogen-bond donors (Lipinski definition) is 1. The van der Waals surface area contributed by atoms with Crippen molar-refractivity contribution in [2.75, 3.05) is 6.54 Å². The molecular weight excluding hydrogens is 471 g/mol. The number of imidazole rings is 1. The normalized spacial score (nSPS) is 17.3. The molecule has 1 saturated heterocycles. The summed E-state index contributed by atoms with van der Waals surface area (Å²) in [5, 5.41) is 0.